The molecule has 2 atom stereocenters. The molecule has 1 heterocycles. The van der Waals surface area contributed by atoms with Gasteiger partial charge in [0.15, 0.2) is 0 Å². The molecule has 0 aromatic heterocycles. The van der Waals surface area contributed by atoms with E-state index in [-0.39, 0.29) is 0 Å². The Morgan fingerprint density at radius 1 is 1.15 bits per heavy atom. The van der Waals surface area contributed by atoms with E-state index in [1.54, 1.807) is 0 Å². The number of hydrogen-bond acceptors (Lipinski definition) is 1. The van der Waals surface area contributed by atoms with E-state index in [1.165, 1.54) is 54.0 Å². The first-order chi connectivity index (χ1) is 13.0. The quantitative estimate of drug-likeness (QED) is 0.646. The standard InChI is InChI=1S/C25H24BrN/c1-14-11-22-21(13-23-24(25(22)26)15(2)16(3)27(23)4)20(14)12-18-10-9-17-7-5-6-8-19(17)18/h5-11,13,16,18H,12H2,1-4H3. The van der Waals surface area contributed by atoms with Crippen molar-refractivity contribution in [3.05, 3.63) is 73.6 Å². The fourth-order valence-corrected chi connectivity index (χ4v) is 5.76. The number of nitrogens with zero attached hydrogens (tertiary/aromatic N) is 1. The highest BCUT2D eigenvalue weighted by Gasteiger charge is 2.28. The smallest absolute Gasteiger partial charge is 0.0478 e. The maximum Gasteiger partial charge on any atom is 0.0478 e. The average Bonchev–Trinajstić information content (AvgIpc) is 3.28. The van der Waals surface area contributed by atoms with Crippen molar-refractivity contribution in [2.24, 2.45) is 0 Å². The van der Waals surface area contributed by atoms with E-state index in [0.29, 0.717) is 12.0 Å². The molecule has 2 unspecified atom stereocenters. The van der Waals surface area contributed by atoms with Crippen molar-refractivity contribution >= 4 is 44.9 Å². The zero-order chi connectivity index (χ0) is 18.9. The molecule has 0 radical (unpaired) electrons. The van der Waals surface area contributed by atoms with Crippen molar-refractivity contribution in [3.63, 3.8) is 0 Å². The van der Waals surface area contributed by atoms with Crippen LogP contribution in [0.4, 0.5) is 5.69 Å². The van der Waals surface area contributed by atoms with E-state index in [4.69, 9.17) is 0 Å². The van der Waals surface area contributed by atoms with Gasteiger partial charge in [-0.25, -0.2) is 0 Å². The van der Waals surface area contributed by atoms with Crippen LogP contribution in [0.3, 0.4) is 0 Å². The van der Waals surface area contributed by atoms with Crippen LogP contribution in [-0.4, -0.2) is 13.1 Å². The molecule has 3 aliphatic rings. The fourth-order valence-electron chi connectivity index (χ4n) is 4.91. The maximum atomic E-state index is 3.95. The van der Waals surface area contributed by atoms with Gasteiger partial charge >= 0.3 is 0 Å². The number of halogens is 1. The van der Waals surface area contributed by atoms with Gasteiger partial charge in [-0.05, 0) is 93.9 Å². The Morgan fingerprint density at radius 2 is 1.93 bits per heavy atom. The molecular formula is C25H24BrN. The van der Waals surface area contributed by atoms with E-state index in [1.807, 2.05) is 0 Å². The monoisotopic (exact) mass is 417 g/mol. The van der Waals surface area contributed by atoms with Crippen LogP contribution in [0.2, 0.25) is 0 Å². The van der Waals surface area contributed by atoms with E-state index < -0.39 is 0 Å². The van der Waals surface area contributed by atoms with E-state index >= 15 is 0 Å². The predicted molar refractivity (Wildman–Crippen MR) is 120 cm³/mol. The van der Waals surface area contributed by atoms with Crippen molar-refractivity contribution in [2.75, 3.05) is 11.9 Å². The van der Waals surface area contributed by atoms with Gasteiger partial charge in [0.1, 0.15) is 0 Å². The highest BCUT2D eigenvalue weighted by atomic mass is 79.9. The first-order valence-electron chi connectivity index (χ1n) is 9.72. The van der Waals surface area contributed by atoms with Crippen molar-refractivity contribution in [1.82, 2.24) is 0 Å². The summed E-state index contributed by atoms with van der Waals surface area (Å²) in [6, 6.07) is 11.7. The summed E-state index contributed by atoms with van der Waals surface area (Å²) >= 11 is 3.95. The first kappa shape index (κ1) is 17.1. The van der Waals surface area contributed by atoms with Gasteiger partial charge in [0.2, 0.25) is 0 Å². The molecule has 0 fully saturated rings. The van der Waals surface area contributed by atoms with E-state index in [2.05, 4.69) is 97.2 Å². The van der Waals surface area contributed by atoms with Crippen LogP contribution >= 0.6 is 15.9 Å². The second kappa shape index (κ2) is 5.97. The summed E-state index contributed by atoms with van der Waals surface area (Å²) in [6.07, 6.45) is 8.09. The molecule has 5 rings (SSSR count). The van der Waals surface area contributed by atoms with Crippen LogP contribution in [0.25, 0.3) is 23.3 Å². The molecule has 0 N–H and O–H groups in total. The van der Waals surface area contributed by atoms with Crippen LogP contribution in [0.15, 0.2) is 46.5 Å². The molecule has 0 saturated carbocycles. The molecule has 2 aromatic rings. The highest BCUT2D eigenvalue weighted by Crippen LogP contribution is 2.39. The third kappa shape index (κ3) is 2.36. The van der Waals surface area contributed by atoms with Crippen LogP contribution in [0, 0.1) is 0 Å². The van der Waals surface area contributed by atoms with Gasteiger partial charge in [-0.2, -0.15) is 0 Å². The molecule has 2 aliphatic carbocycles. The lowest BCUT2D eigenvalue weighted by atomic mass is 9.91. The Kier molecular flexibility index (Phi) is 3.77. The molecule has 2 heteroatoms. The second-order valence-corrected chi connectivity index (χ2v) is 8.91. The molecule has 0 bridgehead atoms. The molecule has 1 nitrogen and oxygen atoms in total. The number of allylic oxidation sites excluding steroid dienone is 2. The zero-order valence-electron chi connectivity index (χ0n) is 16.3. The third-order valence-corrected chi connectivity index (χ3v) is 7.58. The average molecular weight is 418 g/mol. The number of hydrogen-bond donors (Lipinski definition) is 0. The minimum Gasteiger partial charge on any atom is -0.368 e. The van der Waals surface area contributed by atoms with Crippen LogP contribution in [-0.2, 0) is 0 Å². The normalized spacial score (nSPS) is 22.3. The fraction of sp³-hybridized carbons (Fsp3) is 0.280. The second-order valence-electron chi connectivity index (χ2n) is 8.12. The summed E-state index contributed by atoms with van der Waals surface area (Å²) in [7, 11) is 2.21. The summed E-state index contributed by atoms with van der Waals surface area (Å²) in [4.78, 5) is 2.41. The Labute approximate surface area is 169 Å². The summed E-state index contributed by atoms with van der Waals surface area (Å²) in [5.41, 5.74) is 9.89. The number of rotatable bonds is 2. The lowest BCUT2D eigenvalue weighted by Gasteiger charge is -2.21. The van der Waals surface area contributed by atoms with Gasteiger partial charge < -0.3 is 4.90 Å². The van der Waals surface area contributed by atoms with Gasteiger partial charge in [0, 0.05) is 34.4 Å². The summed E-state index contributed by atoms with van der Waals surface area (Å²) in [5, 5.41) is 2.80. The largest absolute Gasteiger partial charge is 0.368 e. The van der Waals surface area contributed by atoms with Crippen molar-refractivity contribution in [3.8, 4) is 0 Å². The lowest BCUT2D eigenvalue weighted by Crippen LogP contribution is -2.26. The summed E-state index contributed by atoms with van der Waals surface area (Å²) in [6.45, 7) is 6.82. The molecular weight excluding hydrogens is 394 g/mol. The zero-order valence-corrected chi connectivity index (χ0v) is 17.9. The SMILES string of the molecule is CC1=Cc2c(Br)c3c(cc2=C1CC1C=Cc2ccccc21)N(C)C(C)C=3C. The van der Waals surface area contributed by atoms with Gasteiger partial charge in [-0.3, -0.25) is 0 Å². The molecule has 136 valence electrons. The molecule has 2 aromatic carbocycles. The Morgan fingerprint density at radius 3 is 2.74 bits per heavy atom. The van der Waals surface area contributed by atoms with E-state index in [0.717, 1.165) is 6.42 Å². The summed E-state index contributed by atoms with van der Waals surface area (Å²) < 4.78 is 1.26. The Balaban J connectivity index is 1.68. The number of fused-ring (bicyclic) bond motifs is 3. The molecule has 0 spiro atoms. The third-order valence-electron chi connectivity index (χ3n) is 6.75. The molecule has 0 amide bonds. The van der Waals surface area contributed by atoms with Crippen molar-refractivity contribution < 1.29 is 0 Å². The lowest BCUT2D eigenvalue weighted by molar-refractivity contribution is 0.856. The van der Waals surface area contributed by atoms with Crippen LogP contribution < -0.4 is 15.3 Å². The summed E-state index contributed by atoms with van der Waals surface area (Å²) in [5.74, 6) is 0.475. The number of anilines is 1. The minimum absolute atomic E-state index is 0.456. The molecule has 0 saturated heterocycles. The van der Waals surface area contributed by atoms with Gasteiger partial charge in [0.25, 0.3) is 0 Å². The van der Waals surface area contributed by atoms with E-state index in [9.17, 15) is 0 Å². The Bertz CT molecular complexity index is 1170. The van der Waals surface area contributed by atoms with Crippen LogP contribution in [0.5, 0.6) is 0 Å². The molecule has 27 heavy (non-hydrogen) atoms. The maximum absolute atomic E-state index is 3.95. The number of benzene rings is 2. The predicted octanol–water partition coefficient (Wildman–Crippen LogP) is 5.23. The van der Waals surface area contributed by atoms with Gasteiger partial charge in [-0.15, -0.1) is 0 Å². The highest BCUT2D eigenvalue weighted by molar-refractivity contribution is 9.10. The van der Waals surface area contributed by atoms with Crippen molar-refractivity contribution in [1.29, 1.82) is 0 Å². The Hall–Kier alpha value is -2.06. The minimum atomic E-state index is 0.456. The topological polar surface area (TPSA) is 3.24 Å². The van der Waals surface area contributed by atoms with Gasteiger partial charge in [0.05, 0.1) is 0 Å². The molecule has 1 aliphatic heterocycles. The van der Waals surface area contributed by atoms with Crippen molar-refractivity contribution in [2.45, 2.75) is 39.2 Å². The van der Waals surface area contributed by atoms with Gasteiger partial charge in [-0.1, -0.05) is 36.4 Å². The van der Waals surface area contributed by atoms with Crippen LogP contribution in [0.1, 0.15) is 49.8 Å². The first-order valence-corrected chi connectivity index (χ1v) is 10.5.